The molecular formula is C28H48O. The molecule has 5 rings (SSSR count). The maximum Gasteiger partial charge on any atom is 0.0734 e. The molecule has 0 aromatic carbocycles. The highest BCUT2D eigenvalue weighted by Gasteiger charge is 2.55. The highest BCUT2D eigenvalue weighted by molar-refractivity contribution is 5.05. The average molecular weight is 401 g/mol. The van der Waals surface area contributed by atoms with Crippen molar-refractivity contribution in [1.82, 2.24) is 0 Å². The van der Waals surface area contributed by atoms with Crippen molar-refractivity contribution in [2.24, 2.45) is 35.0 Å². The number of aliphatic hydroxyl groups is 1. The summed E-state index contributed by atoms with van der Waals surface area (Å²) in [5.74, 6) is 3.67. The fraction of sp³-hybridized carbons (Fsp3) is 1.00. The lowest BCUT2D eigenvalue weighted by molar-refractivity contribution is -0.173. The first-order valence-electron chi connectivity index (χ1n) is 13.9. The zero-order valence-electron chi connectivity index (χ0n) is 19.2. The number of rotatable bonds is 3. The highest BCUT2D eigenvalue weighted by atomic mass is 16.3. The molecule has 0 aromatic heterocycles. The molecular weight excluding hydrogens is 352 g/mol. The first-order valence-corrected chi connectivity index (χ1v) is 13.9. The fourth-order valence-corrected chi connectivity index (χ4v) is 9.51. The largest absolute Gasteiger partial charge is 0.389 e. The minimum absolute atomic E-state index is 0.322. The van der Waals surface area contributed by atoms with Crippen molar-refractivity contribution < 1.29 is 5.11 Å². The van der Waals surface area contributed by atoms with Crippen LogP contribution in [-0.4, -0.2) is 10.7 Å². The summed E-state index contributed by atoms with van der Waals surface area (Å²) >= 11 is 0. The van der Waals surface area contributed by atoms with Crippen molar-refractivity contribution in [3.8, 4) is 0 Å². The Bertz CT molecular complexity index is 516. The predicted octanol–water partition coefficient (Wildman–Crippen LogP) is 8.05. The van der Waals surface area contributed by atoms with Crippen LogP contribution in [-0.2, 0) is 0 Å². The van der Waals surface area contributed by atoms with Gasteiger partial charge in [0.1, 0.15) is 0 Å². The van der Waals surface area contributed by atoms with E-state index in [1.165, 1.54) is 135 Å². The van der Waals surface area contributed by atoms with E-state index < -0.39 is 0 Å². The Morgan fingerprint density at radius 3 is 1.86 bits per heavy atom. The standard InChI is InChI=1S/C28H48O/c29-28(23-12-3-1-4-13-23,26-15-9-11-22-10-5-6-14-25(22)26)24-16-20-27(21-17-24)18-7-2-8-19-27/h22-26,29H,1-21H2/t22-,25+,26-,28+/m1/s1. The molecule has 0 saturated heterocycles. The molecule has 0 radical (unpaired) electrons. The van der Waals surface area contributed by atoms with E-state index in [9.17, 15) is 5.11 Å². The van der Waals surface area contributed by atoms with Gasteiger partial charge in [-0.1, -0.05) is 70.6 Å². The summed E-state index contributed by atoms with van der Waals surface area (Å²) in [6, 6.07) is 0. The van der Waals surface area contributed by atoms with Gasteiger partial charge in [-0.3, -0.25) is 0 Å². The highest BCUT2D eigenvalue weighted by Crippen LogP contribution is 2.58. The number of hydrogen-bond donors (Lipinski definition) is 1. The zero-order valence-corrected chi connectivity index (χ0v) is 19.2. The summed E-state index contributed by atoms with van der Waals surface area (Å²) in [5, 5.41) is 12.8. The summed E-state index contributed by atoms with van der Waals surface area (Å²) in [4.78, 5) is 0. The Hall–Kier alpha value is -0.0400. The first kappa shape index (κ1) is 20.8. The van der Waals surface area contributed by atoms with Crippen LogP contribution in [0.1, 0.15) is 135 Å². The van der Waals surface area contributed by atoms with Crippen LogP contribution < -0.4 is 0 Å². The van der Waals surface area contributed by atoms with Crippen LogP contribution in [0.15, 0.2) is 0 Å². The van der Waals surface area contributed by atoms with E-state index in [1.807, 2.05) is 0 Å². The number of fused-ring (bicyclic) bond motifs is 1. The Morgan fingerprint density at radius 1 is 0.517 bits per heavy atom. The molecule has 0 bridgehead atoms. The third kappa shape index (κ3) is 3.96. The van der Waals surface area contributed by atoms with Gasteiger partial charge in [0, 0.05) is 0 Å². The lowest BCUT2D eigenvalue weighted by atomic mass is 9.51. The van der Waals surface area contributed by atoms with Gasteiger partial charge in [0.05, 0.1) is 5.60 Å². The molecule has 1 spiro atoms. The molecule has 5 aliphatic rings. The second-order valence-corrected chi connectivity index (χ2v) is 12.3. The van der Waals surface area contributed by atoms with Crippen LogP contribution >= 0.6 is 0 Å². The molecule has 0 aromatic rings. The molecule has 166 valence electrons. The van der Waals surface area contributed by atoms with Crippen molar-refractivity contribution >= 4 is 0 Å². The minimum Gasteiger partial charge on any atom is -0.389 e. The van der Waals surface area contributed by atoms with Crippen molar-refractivity contribution in [3.63, 3.8) is 0 Å². The predicted molar refractivity (Wildman–Crippen MR) is 122 cm³/mol. The molecule has 5 saturated carbocycles. The van der Waals surface area contributed by atoms with Crippen LogP contribution in [0.2, 0.25) is 0 Å². The molecule has 1 heteroatoms. The molecule has 1 N–H and O–H groups in total. The summed E-state index contributed by atoms with van der Waals surface area (Å²) in [7, 11) is 0. The molecule has 0 amide bonds. The first-order chi connectivity index (χ1) is 14.2. The molecule has 0 unspecified atom stereocenters. The van der Waals surface area contributed by atoms with Gasteiger partial charge in [-0.15, -0.1) is 0 Å². The van der Waals surface area contributed by atoms with Gasteiger partial charge in [-0.2, -0.15) is 0 Å². The fourth-order valence-electron chi connectivity index (χ4n) is 9.51. The Kier molecular flexibility index (Phi) is 6.35. The molecule has 1 nitrogen and oxygen atoms in total. The van der Waals surface area contributed by atoms with Crippen LogP contribution in [0.5, 0.6) is 0 Å². The summed E-state index contributed by atoms with van der Waals surface area (Å²) in [5.41, 5.74) is 0.361. The van der Waals surface area contributed by atoms with Gasteiger partial charge in [-0.25, -0.2) is 0 Å². The van der Waals surface area contributed by atoms with E-state index in [4.69, 9.17) is 0 Å². The van der Waals surface area contributed by atoms with Crippen molar-refractivity contribution in [3.05, 3.63) is 0 Å². The van der Waals surface area contributed by atoms with Crippen LogP contribution in [0.25, 0.3) is 0 Å². The summed E-state index contributed by atoms with van der Waals surface area (Å²) in [6.45, 7) is 0. The topological polar surface area (TPSA) is 20.2 Å². The lowest BCUT2D eigenvalue weighted by Crippen LogP contribution is -2.57. The van der Waals surface area contributed by atoms with E-state index >= 15 is 0 Å². The third-order valence-corrected chi connectivity index (χ3v) is 11.0. The molecule has 0 heterocycles. The van der Waals surface area contributed by atoms with Crippen molar-refractivity contribution in [1.29, 1.82) is 0 Å². The third-order valence-electron chi connectivity index (χ3n) is 11.0. The molecule has 5 fully saturated rings. The quantitative estimate of drug-likeness (QED) is 0.508. The van der Waals surface area contributed by atoms with Crippen molar-refractivity contribution in [2.45, 2.75) is 140 Å². The van der Waals surface area contributed by atoms with Gasteiger partial charge in [0.15, 0.2) is 0 Å². The SMILES string of the molecule is O[C@@](C1CCCCC1)(C1CCC2(CCCCC2)CC1)[C@@H]1CCC[C@H]2CCCC[C@@H]21. The van der Waals surface area contributed by atoms with Gasteiger partial charge in [-0.05, 0) is 99.2 Å². The normalized spacial score (nSPS) is 39.0. The van der Waals surface area contributed by atoms with Gasteiger partial charge < -0.3 is 5.11 Å². The Balaban J connectivity index is 1.38. The van der Waals surface area contributed by atoms with Crippen LogP contribution in [0, 0.1) is 35.0 Å². The molecule has 29 heavy (non-hydrogen) atoms. The second-order valence-electron chi connectivity index (χ2n) is 12.3. The number of hydrogen-bond acceptors (Lipinski definition) is 1. The van der Waals surface area contributed by atoms with Gasteiger partial charge >= 0.3 is 0 Å². The second kappa shape index (κ2) is 8.84. The molecule has 5 aliphatic carbocycles. The Labute approximate surface area is 180 Å². The maximum atomic E-state index is 12.8. The molecule has 0 aliphatic heterocycles. The average Bonchev–Trinajstić information content (AvgIpc) is 2.80. The van der Waals surface area contributed by atoms with Crippen LogP contribution in [0.4, 0.5) is 0 Å². The van der Waals surface area contributed by atoms with Crippen LogP contribution in [0.3, 0.4) is 0 Å². The Morgan fingerprint density at radius 2 is 1.10 bits per heavy atom. The molecule has 4 atom stereocenters. The van der Waals surface area contributed by atoms with E-state index in [1.54, 1.807) is 0 Å². The smallest absolute Gasteiger partial charge is 0.0734 e. The van der Waals surface area contributed by atoms with E-state index in [0.29, 0.717) is 23.2 Å². The zero-order chi connectivity index (χ0) is 19.7. The summed E-state index contributed by atoms with van der Waals surface area (Å²) in [6.07, 6.45) is 29.8. The van der Waals surface area contributed by atoms with E-state index in [-0.39, 0.29) is 5.60 Å². The van der Waals surface area contributed by atoms with Gasteiger partial charge in [0.25, 0.3) is 0 Å². The van der Waals surface area contributed by atoms with Gasteiger partial charge in [0.2, 0.25) is 0 Å². The lowest BCUT2D eigenvalue weighted by Gasteiger charge is -2.57. The monoisotopic (exact) mass is 400 g/mol. The van der Waals surface area contributed by atoms with Crippen molar-refractivity contribution in [2.75, 3.05) is 0 Å². The summed E-state index contributed by atoms with van der Waals surface area (Å²) < 4.78 is 0. The maximum absolute atomic E-state index is 12.8. The van der Waals surface area contributed by atoms with E-state index in [0.717, 1.165) is 11.8 Å². The minimum atomic E-state index is -0.322. The van der Waals surface area contributed by atoms with E-state index in [2.05, 4.69) is 0 Å².